The number of methoxy groups -OCH3 is 1. The maximum atomic E-state index is 12.4. The average Bonchev–Trinajstić information content (AvgIpc) is 2.68. The number of hydrogen-bond acceptors (Lipinski definition) is 4. The SMILES string of the molecule is CCC(NC(=O)CCCN(c1cccc(C)c1)S(C)(=O)=O)c1ccc(OC)cc1. The van der Waals surface area contributed by atoms with Gasteiger partial charge in [-0.15, -0.1) is 0 Å². The second-order valence-electron chi connectivity index (χ2n) is 7.08. The van der Waals surface area contributed by atoms with Crippen LogP contribution in [0.1, 0.15) is 43.4 Å². The van der Waals surface area contributed by atoms with Crippen molar-refractivity contribution in [1.29, 1.82) is 0 Å². The molecule has 1 atom stereocenters. The lowest BCUT2D eigenvalue weighted by atomic mass is 10.0. The van der Waals surface area contributed by atoms with E-state index in [1.165, 1.54) is 10.6 Å². The highest BCUT2D eigenvalue weighted by Gasteiger charge is 2.18. The van der Waals surface area contributed by atoms with Crippen molar-refractivity contribution in [3.05, 3.63) is 59.7 Å². The van der Waals surface area contributed by atoms with Crippen molar-refractivity contribution in [2.45, 2.75) is 39.2 Å². The minimum absolute atomic E-state index is 0.0869. The van der Waals surface area contributed by atoms with Gasteiger partial charge in [0.05, 0.1) is 25.1 Å². The molecule has 158 valence electrons. The highest BCUT2D eigenvalue weighted by atomic mass is 32.2. The predicted molar refractivity (Wildman–Crippen MR) is 117 cm³/mol. The van der Waals surface area contributed by atoms with Crippen molar-refractivity contribution in [1.82, 2.24) is 5.32 Å². The largest absolute Gasteiger partial charge is 0.497 e. The van der Waals surface area contributed by atoms with E-state index in [9.17, 15) is 13.2 Å². The Morgan fingerprint density at radius 2 is 1.86 bits per heavy atom. The summed E-state index contributed by atoms with van der Waals surface area (Å²) >= 11 is 0. The molecule has 0 aromatic heterocycles. The quantitative estimate of drug-likeness (QED) is 0.636. The summed E-state index contributed by atoms with van der Waals surface area (Å²) in [5, 5.41) is 3.03. The first kappa shape index (κ1) is 22.7. The summed E-state index contributed by atoms with van der Waals surface area (Å²) in [6.45, 7) is 4.19. The van der Waals surface area contributed by atoms with Crippen LogP contribution in [0.5, 0.6) is 5.75 Å². The van der Waals surface area contributed by atoms with Gasteiger partial charge in [-0.25, -0.2) is 8.42 Å². The highest BCUT2D eigenvalue weighted by molar-refractivity contribution is 7.92. The molecule has 0 heterocycles. The van der Waals surface area contributed by atoms with E-state index in [2.05, 4.69) is 5.32 Å². The van der Waals surface area contributed by atoms with Gasteiger partial charge in [0.25, 0.3) is 0 Å². The monoisotopic (exact) mass is 418 g/mol. The molecular weight excluding hydrogens is 388 g/mol. The first-order valence-corrected chi connectivity index (χ1v) is 11.6. The van der Waals surface area contributed by atoms with Crippen molar-refractivity contribution in [3.8, 4) is 5.75 Å². The van der Waals surface area contributed by atoms with Crippen LogP contribution in [0, 0.1) is 6.92 Å². The van der Waals surface area contributed by atoms with Gasteiger partial charge in [0.1, 0.15) is 5.75 Å². The van der Waals surface area contributed by atoms with Gasteiger partial charge in [-0.05, 0) is 55.2 Å². The van der Waals surface area contributed by atoms with Crippen molar-refractivity contribution in [3.63, 3.8) is 0 Å². The third-order valence-electron chi connectivity index (χ3n) is 4.72. The molecule has 0 bridgehead atoms. The number of hydrogen-bond donors (Lipinski definition) is 1. The third kappa shape index (κ3) is 6.78. The Bertz CT molecular complexity index is 911. The number of anilines is 1. The number of nitrogens with one attached hydrogen (secondary N) is 1. The summed E-state index contributed by atoms with van der Waals surface area (Å²) in [4.78, 5) is 12.4. The zero-order valence-electron chi connectivity index (χ0n) is 17.5. The van der Waals surface area contributed by atoms with E-state index in [-0.39, 0.29) is 24.9 Å². The lowest BCUT2D eigenvalue weighted by Crippen LogP contribution is -2.33. The lowest BCUT2D eigenvalue weighted by Gasteiger charge is -2.23. The molecule has 1 amide bonds. The number of carbonyl (C=O) groups is 1. The van der Waals surface area contributed by atoms with E-state index >= 15 is 0 Å². The normalized spacial score (nSPS) is 12.3. The Labute approximate surface area is 173 Å². The van der Waals surface area contributed by atoms with E-state index < -0.39 is 10.0 Å². The maximum Gasteiger partial charge on any atom is 0.232 e. The second-order valence-corrected chi connectivity index (χ2v) is 8.99. The third-order valence-corrected chi connectivity index (χ3v) is 5.91. The molecule has 0 aliphatic heterocycles. The van der Waals surface area contributed by atoms with Crippen LogP contribution in [0.25, 0.3) is 0 Å². The molecule has 29 heavy (non-hydrogen) atoms. The average molecular weight is 419 g/mol. The van der Waals surface area contributed by atoms with Crippen LogP contribution in [-0.4, -0.2) is 34.2 Å². The molecule has 1 N–H and O–H groups in total. The molecule has 1 unspecified atom stereocenters. The van der Waals surface area contributed by atoms with Crippen molar-refractivity contribution in [2.75, 3.05) is 24.2 Å². The fourth-order valence-corrected chi connectivity index (χ4v) is 4.13. The Morgan fingerprint density at radius 3 is 2.41 bits per heavy atom. The number of amides is 1. The highest BCUT2D eigenvalue weighted by Crippen LogP contribution is 2.21. The smallest absolute Gasteiger partial charge is 0.232 e. The fourth-order valence-electron chi connectivity index (χ4n) is 3.18. The van der Waals surface area contributed by atoms with Crippen molar-refractivity contribution < 1.29 is 17.9 Å². The number of aryl methyl sites for hydroxylation is 1. The van der Waals surface area contributed by atoms with Crippen LogP contribution >= 0.6 is 0 Å². The van der Waals surface area contributed by atoms with Crippen LogP contribution in [0.15, 0.2) is 48.5 Å². The molecule has 0 aliphatic rings. The van der Waals surface area contributed by atoms with Gasteiger partial charge in [-0.1, -0.05) is 31.2 Å². The molecular formula is C22H30N2O4S. The van der Waals surface area contributed by atoms with Crippen LogP contribution in [0.4, 0.5) is 5.69 Å². The molecule has 0 saturated heterocycles. The minimum atomic E-state index is -3.42. The van der Waals surface area contributed by atoms with Crippen LogP contribution in [-0.2, 0) is 14.8 Å². The van der Waals surface area contributed by atoms with E-state index in [0.717, 1.165) is 23.3 Å². The van der Waals surface area contributed by atoms with E-state index in [4.69, 9.17) is 4.74 Å². The molecule has 2 rings (SSSR count). The number of sulfonamides is 1. The standard InChI is InChI=1S/C22H30N2O4S/c1-5-21(18-11-13-20(28-3)14-12-18)23-22(25)10-7-15-24(29(4,26)27)19-9-6-8-17(2)16-19/h6,8-9,11-14,16,21H,5,7,10,15H2,1-4H3,(H,23,25). The Kier molecular flexibility index (Phi) is 8.08. The summed E-state index contributed by atoms with van der Waals surface area (Å²) in [5.41, 5.74) is 2.62. The number of carbonyl (C=O) groups excluding carboxylic acids is 1. The summed E-state index contributed by atoms with van der Waals surface area (Å²) in [5.74, 6) is 0.678. The Morgan fingerprint density at radius 1 is 1.17 bits per heavy atom. The number of benzene rings is 2. The van der Waals surface area contributed by atoms with Gasteiger partial charge in [0.15, 0.2) is 0 Å². The van der Waals surface area contributed by atoms with Gasteiger partial charge < -0.3 is 10.1 Å². The molecule has 0 fully saturated rings. The summed E-state index contributed by atoms with van der Waals surface area (Å²) in [6.07, 6.45) is 2.64. The number of nitrogens with zero attached hydrogens (tertiary/aromatic N) is 1. The van der Waals surface area contributed by atoms with E-state index in [1.807, 2.05) is 56.3 Å². The zero-order chi connectivity index (χ0) is 21.4. The molecule has 6 nitrogen and oxygen atoms in total. The Hall–Kier alpha value is -2.54. The van der Waals surface area contributed by atoms with Crippen molar-refractivity contribution in [2.24, 2.45) is 0 Å². The fraction of sp³-hybridized carbons (Fsp3) is 0.409. The molecule has 0 radical (unpaired) electrons. The Balaban J connectivity index is 1.95. The number of rotatable bonds is 10. The first-order valence-electron chi connectivity index (χ1n) is 9.72. The zero-order valence-corrected chi connectivity index (χ0v) is 18.3. The lowest BCUT2D eigenvalue weighted by molar-refractivity contribution is -0.121. The van der Waals surface area contributed by atoms with Gasteiger partial charge in [0.2, 0.25) is 15.9 Å². The molecule has 2 aromatic rings. The van der Waals surface area contributed by atoms with Crippen molar-refractivity contribution >= 4 is 21.6 Å². The van der Waals surface area contributed by atoms with E-state index in [0.29, 0.717) is 12.1 Å². The molecule has 7 heteroatoms. The van der Waals surface area contributed by atoms with Gasteiger partial charge in [-0.3, -0.25) is 9.10 Å². The van der Waals surface area contributed by atoms with Crippen LogP contribution in [0.2, 0.25) is 0 Å². The maximum absolute atomic E-state index is 12.4. The summed E-state index contributed by atoms with van der Waals surface area (Å²) in [7, 11) is -1.80. The molecule has 0 saturated carbocycles. The number of ether oxygens (including phenoxy) is 1. The summed E-state index contributed by atoms with van der Waals surface area (Å²) in [6, 6.07) is 14.9. The molecule has 0 spiro atoms. The molecule has 2 aromatic carbocycles. The van der Waals surface area contributed by atoms with Gasteiger partial charge in [-0.2, -0.15) is 0 Å². The first-order chi connectivity index (χ1) is 13.7. The second kappa shape index (κ2) is 10.3. The topological polar surface area (TPSA) is 75.7 Å². The van der Waals surface area contributed by atoms with Crippen LogP contribution < -0.4 is 14.4 Å². The minimum Gasteiger partial charge on any atom is -0.497 e. The molecule has 0 aliphatic carbocycles. The van der Waals surface area contributed by atoms with Gasteiger partial charge >= 0.3 is 0 Å². The van der Waals surface area contributed by atoms with E-state index in [1.54, 1.807) is 13.2 Å². The summed E-state index contributed by atoms with van der Waals surface area (Å²) < 4.78 is 30.9. The predicted octanol–water partition coefficient (Wildman–Crippen LogP) is 3.82. The van der Waals surface area contributed by atoms with Gasteiger partial charge in [0, 0.05) is 13.0 Å². The van der Waals surface area contributed by atoms with Crippen LogP contribution in [0.3, 0.4) is 0 Å².